The molecular weight excluding hydrogens is 182 g/mol. The standard InChI is InChI=1S/C10H16NO2.H2O/c1-11(2,13)8-10(12)9-6-4-3-5-7-9;/h3-7,10,12-13H,8H2,1-2H3;1H2/q+1;/p-1. The van der Waals surface area contributed by atoms with Crippen LogP contribution in [0.1, 0.15) is 11.7 Å². The number of aliphatic hydroxyl groups excluding tert-OH is 1. The van der Waals surface area contributed by atoms with E-state index in [2.05, 4.69) is 0 Å². The summed E-state index contributed by atoms with van der Waals surface area (Å²) in [6, 6.07) is 9.33. The van der Waals surface area contributed by atoms with Crippen molar-refractivity contribution in [2.75, 3.05) is 20.6 Å². The fraction of sp³-hybridized carbons (Fsp3) is 0.400. The Labute approximate surface area is 83.9 Å². The summed E-state index contributed by atoms with van der Waals surface area (Å²) in [4.78, 5) is 0. The summed E-state index contributed by atoms with van der Waals surface area (Å²) in [5.74, 6) is 0. The van der Waals surface area contributed by atoms with Crippen LogP contribution in [0.2, 0.25) is 0 Å². The maximum atomic E-state index is 9.68. The van der Waals surface area contributed by atoms with Gasteiger partial charge >= 0.3 is 0 Å². The molecular formula is C10H17NO3. The summed E-state index contributed by atoms with van der Waals surface area (Å²) < 4.78 is -0.226. The predicted octanol–water partition coefficient (Wildman–Crippen LogP) is 1.01. The topological polar surface area (TPSA) is 70.5 Å². The molecule has 80 valence electrons. The first-order valence-electron chi connectivity index (χ1n) is 4.28. The molecule has 0 aliphatic heterocycles. The summed E-state index contributed by atoms with van der Waals surface area (Å²) in [6.07, 6.45) is -0.610. The van der Waals surface area contributed by atoms with Gasteiger partial charge in [-0.05, 0) is 5.56 Å². The van der Waals surface area contributed by atoms with E-state index in [-0.39, 0.29) is 10.1 Å². The summed E-state index contributed by atoms with van der Waals surface area (Å²) in [5.41, 5.74) is 0.836. The van der Waals surface area contributed by atoms with Crippen LogP contribution in [-0.2, 0) is 0 Å². The van der Waals surface area contributed by atoms with E-state index in [0.29, 0.717) is 6.54 Å². The average molecular weight is 199 g/mol. The smallest absolute Gasteiger partial charge is 0.138 e. The fourth-order valence-corrected chi connectivity index (χ4v) is 1.20. The summed E-state index contributed by atoms with van der Waals surface area (Å²) in [5, 5.41) is 19.1. The molecule has 1 atom stereocenters. The highest BCUT2D eigenvalue weighted by atomic mass is 16.5. The van der Waals surface area contributed by atoms with Gasteiger partial charge in [0.15, 0.2) is 0 Å². The molecule has 0 bridgehead atoms. The predicted molar refractivity (Wildman–Crippen MR) is 52.1 cm³/mol. The van der Waals surface area contributed by atoms with Gasteiger partial charge in [0.2, 0.25) is 0 Å². The minimum absolute atomic E-state index is 0. The second-order valence-electron chi connectivity index (χ2n) is 3.73. The highest BCUT2D eigenvalue weighted by Crippen LogP contribution is 2.14. The number of hydroxylamine groups is 3. The lowest BCUT2D eigenvalue weighted by Crippen LogP contribution is -2.39. The Balaban J connectivity index is 0.00000169. The fourth-order valence-electron chi connectivity index (χ4n) is 1.20. The monoisotopic (exact) mass is 199 g/mol. The van der Waals surface area contributed by atoms with Crippen LogP contribution in [-0.4, -0.2) is 41.1 Å². The van der Waals surface area contributed by atoms with E-state index in [4.69, 9.17) is 0 Å². The van der Waals surface area contributed by atoms with E-state index < -0.39 is 6.10 Å². The normalized spacial score (nSPS) is 13.1. The summed E-state index contributed by atoms with van der Waals surface area (Å²) >= 11 is 0. The van der Waals surface area contributed by atoms with Gasteiger partial charge in [-0.2, -0.15) is 4.65 Å². The van der Waals surface area contributed by atoms with E-state index in [9.17, 15) is 10.3 Å². The largest absolute Gasteiger partial charge is 0.870 e. The Morgan fingerprint density at radius 2 is 1.71 bits per heavy atom. The van der Waals surface area contributed by atoms with Crippen molar-refractivity contribution in [3.8, 4) is 0 Å². The zero-order chi connectivity index (χ0) is 9.90. The quantitative estimate of drug-likeness (QED) is 0.563. The third-order valence-electron chi connectivity index (χ3n) is 1.80. The van der Waals surface area contributed by atoms with Crippen molar-refractivity contribution in [3.05, 3.63) is 35.9 Å². The van der Waals surface area contributed by atoms with Crippen molar-refractivity contribution >= 4 is 0 Å². The molecule has 0 amide bonds. The van der Waals surface area contributed by atoms with Crippen LogP contribution in [0.25, 0.3) is 0 Å². The van der Waals surface area contributed by atoms with Crippen molar-refractivity contribution in [2.24, 2.45) is 0 Å². The zero-order valence-electron chi connectivity index (χ0n) is 8.46. The SMILES string of the molecule is C[N+](C)(O)CC(O)c1ccccc1.[OH-]. The second kappa shape index (κ2) is 5.07. The maximum absolute atomic E-state index is 9.68. The molecule has 0 aromatic heterocycles. The van der Waals surface area contributed by atoms with E-state index in [0.717, 1.165) is 5.56 Å². The van der Waals surface area contributed by atoms with Crippen molar-refractivity contribution in [1.29, 1.82) is 0 Å². The van der Waals surface area contributed by atoms with E-state index >= 15 is 0 Å². The zero-order valence-corrected chi connectivity index (χ0v) is 8.46. The Morgan fingerprint density at radius 1 is 1.21 bits per heavy atom. The molecule has 0 aliphatic carbocycles. The van der Waals surface area contributed by atoms with Crippen molar-refractivity contribution in [2.45, 2.75) is 6.10 Å². The Hall–Kier alpha value is -0.940. The average Bonchev–Trinajstić information content (AvgIpc) is 2.03. The van der Waals surface area contributed by atoms with Crippen LogP contribution in [0.4, 0.5) is 0 Å². The number of hydrogen-bond donors (Lipinski definition) is 2. The Kier molecular flexibility index (Phi) is 4.73. The van der Waals surface area contributed by atoms with Crippen molar-refractivity contribution in [1.82, 2.24) is 0 Å². The molecule has 4 heteroatoms. The molecule has 1 aromatic carbocycles. The van der Waals surface area contributed by atoms with Gasteiger partial charge < -0.3 is 10.6 Å². The van der Waals surface area contributed by atoms with Crippen LogP contribution in [0.3, 0.4) is 0 Å². The van der Waals surface area contributed by atoms with Crippen LogP contribution in [0.5, 0.6) is 0 Å². The van der Waals surface area contributed by atoms with Crippen molar-refractivity contribution in [3.63, 3.8) is 0 Å². The van der Waals surface area contributed by atoms with E-state index in [1.165, 1.54) is 0 Å². The molecule has 0 saturated heterocycles. The number of quaternary nitrogens is 1. The molecule has 0 heterocycles. The minimum Gasteiger partial charge on any atom is -0.870 e. The van der Waals surface area contributed by atoms with Gasteiger partial charge in [0.25, 0.3) is 0 Å². The van der Waals surface area contributed by atoms with Gasteiger partial charge in [-0.1, -0.05) is 30.3 Å². The molecule has 0 fully saturated rings. The first-order valence-corrected chi connectivity index (χ1v) is 4.28. The van der Waals surface area contributed by atoms with Crippen LogP contribution in [0, 0.1) is 0 Å². The summed E-state index contributed by atoms with van der Waals surface area (Å²) in [7, 11) is 3.26. The number of rotatable bonds is 3. The number of likely N-dealkylation sites (N-methyl/N-ethyl adjacent to an activating group) is 1. The first kappa shape index (κ1) is 13.1. The lowest BCUT2D eigenvalue weighted by atomic mass is 10.1. The minimum atomic E-state index is -0.610. The molecule has 0 spiro atoms. The number of aliphatic hydroxyl groups is 1. The highest BCUT2D eigenvalue weighted by molar-refractivity contribution is 5.17. The van der Waals surface area contributed by atoms with Crippen LogP contribution < -0.4 is 0 Å². The number of nitrogens with zero attached hydrogens (tertiary/aromatic N) is 1. The molecule has 3 N–H and O–H groups in total. The molecule has 0 aliphatic rings. The molecule has 1 aromatic rings. The van der Waals surface area contributed by atoms with Gasteiger partial charge in [0, 0.05) is 0 Å². The second-order valence-corrected chi connectivity index (χ2v) is 3.73. The molecule has 1 rings (SSSR count). The molecule has 0 saturated carbocycles. The first-order chi connectivity index (χ1) is 5.99. The van der Waals surface area contributed by atoms with Gasteiger partial charge in [-0.25, -0.2) is 5.21 Å². The van der Waals surface area contributed by atoms with Crippen molar-refractivity contribution < 1.29 is 20.4 Å². The number of benzene rings is 1. The third kappa shape index (κ3) is 4.34. The van der Waals surface area contributed by atoms with Gasteiger partial charge in [-0.3, -0.25) is 0 Å². The molecule has 4 nitrogen and oxygen atoms in total. The number of hydrogen-bond acceptors (Lipinski definition) is 3. The Bertz CT molecular complexity index is 256. The van der Waals surface area contributed by atoms with Crippen LogP contribution in [0.15, 0.2) is 30.3 Å². The lowest BCUT2D eigenvalue weighted by molar-refractivity contribution is -1.07. The van der Waals surface area contributed by atoms with Crippen LogP contribution >= 0.6 is 0 Å². The van der Waals surface area contributed by atoms with Gasteiger partial charge in [0.1, 0.15) is 12.6 Å². The van der Waals surface area contributed by atoms with Gasteiger partial charge in [0.05, 0.1) is 14.1 Å². The maximum Gasteiger partial charge on any atom is 0.138 e. The molecule has 14 heavy (non-hydrogen) atoms. The van der Waals surface area contributed by atoms with E-state index in [1.54, 1.807) is 14.1 Å². The van der Waals surface area contributed by atoms with E-state index in [1.807, 2.05) is 30.3 Å². The molecule has 1 unspecified atom stereocenters. The van der Waals surface area contributed by atoms with Gasteiger partial charge in [-0.15, -0.1) is 0 Å². The molecule has 0 radical (unpaired) electrons. The Morgan fingerprint density at radius 3 is 2.14 bits per heavy atom. The summed E-state index contributed by atoms with van der Waals surface area (Å²) in [6.45, 7) is 0.296. The highest BCUT2D eigenvalue weighted by Gasteiger charge is 2.19. The lowest BCUT2D eigenvalue weighted by Gasteiger charge is -2.22. The third-order valence-corrected chi connectivity index (χ3v) is 1.80.